The Kier molecular flexibility index (Phi) is 69.0. The predicted molar refractivity (Wildman–Crippen MR) is 503 cm³/mol. The molecule has 5 N–H and O–H groups in total. The van der Waals surface area contributed by atoms with E-state index in [9.17, 15) is 49.2 Å². The molecule has 11 atom stereocenters. The number of aliphatic carboxylic acids is 1. The predicted octanol–water partition coefficient (Wildman–Crippen LogP) is 10.2. The number of ketones is 2. The summed E-state index contributed by atoms with van der Waals surface area (Å²) >= 11 is 8.17. The Bertz CT molecular complexity index is 3320. The minimum Gasteiger partial charge on any atom is -0.481 e. The van der Waals surface area contributed by atoms with Gasteiger partial charge in [0.2, 0.25) is 11.4 Å². The number of thioether (sulfide) groups is 2. The molecule has 1 amide bonds. The fourth-order valence-electron chi connectivity index (χ4n) is 14.7. The van der Waals surface area contributed by atoms with E-state index in [1.165, 1.54) is 47.4 Å². The maximum Gasteiger partial charge on any atom is 0.322 e. The molecule has 0 saturated carbocycles. The smallest absolute Gasteiger partial charge is 0.322 e. The number of pyridine rings is 1. The summed E-state index contributed by atoms with van der Waals surface area (Å²) in [5.74, 6) is -3.78. The van der Waals surface area contributed by atoms with Crippen molar-refractivity contribution in [3.63, 3.8) is 0 Å². The fourth-order valence-corrected chi connectivity index (χ4v) is 19.6. The van der Waals surface area contributed by atoms with Crippen LogP contribution in [0, 0.1) is 28.2 Å². The van der Waals surface area contributed by atoms with Crippen molar-refractivity contribution in [3.05, 3.63) is 35.8 Å². The molecule has 1 aliphatic heterocycles. The lowest BCUT2D eigenvalue weighted by Gasteiger charge is -2.45. The fraction of sp³-hybridized carbons (Fsp3) is 0.835. The van der Waals surface area contributed by atoms with E-state index in [0.717, 1.165) is 36.1 Å². The number of amides is 1. The summed E-state index contributed by atoms with van der Waals surface area (Å²) < 4.78 is 106. The highest BCUT2D eigenvalue weighted by Gasteiger charge is 2.59. The van der Waals surface area contributed by atoms with E-state index in [-0.39, 0.29) is 103 Å². The first-order valence-electron chi connectivity index (χ1n) is 45.8. The molecule has 0 bridgehead atoms. The van der Waals surface area contributed by atoms with Crippen LogP contribution in [0.3, 0.4) is 0 Å². The SMILES string of the molecule is [C-]#[N+]C(C)(CCC(=O)CCCOCCOCCOCCOCCOCCOCCOCCOCCOCCOCCOCCOCCC(=O)CCCCCCO[C@@H]1O[C@H](CO)[C@H](O)[C@H](O)[C@H]1NC(C)=O)CC(C)(CC(C)(CC(C)(CC(CCC)(CC(C)(SC(=S)SCC)C(=O)OCCSSc1ccccn1)C(=O)O)C(=O)OCCCC)C(=O)OCCN(C)C)C(=O)OCCOC. The van der Waals surface area contributed by atoms with Crippen LogP contribution in [0.5, 0.6) is 0 Å². The zero-order chi connectivity index (χ0) is 96.9. The van der Waals surface area contributed by atoms with E-state index in [1.807, 2.05) is 43.9 Å². The molecule has 131 heavy (non-hydrogen) atoms. The monoisotopic (exact) mass is 1960 g/mol. The van der Waals surface area contributed by atoms with Gasteiger partial charge in [-0.1, -0.05) is 87.3 Å². The molecular weight excluding hydrogens is 1810 g/mol. The van der Waals surface area contributed by atoms with Gasteiger partial charge in [0.1, 0.15) is 69.0 Å². The standard InChI is InChI=1S/C91H156N4O31S5/c1-14-17-35-122-83(106)88(7,69-91(30-15-2,80(102)103)70-90(9,130-85(127)128-16-3)84(107)125-63-64-129-131-75-27-21-22-32-93-75)67-86(5,81(104)123-38-33-95(11)12)66-87(6,82(105)124-62-39-108-13)68-89(8,92-10)31-28-72(98)26-24-34-109-40-42-111-44-46-113-48-50-115-52-54-117-56-58-119-60-61-120-59-57-118-55-53-116-51-49-114-47-45-112-43-41-110-37-29-73(99)25-20-18-19-23-36-121-79-76(94-71(4)97)78(101)77(100)74(65-96)126-79/h21-22,27,32,74,76-79,96,100-101H,14-20,23-26,28-31,33-70H2,1-9,11-13H3,(H,94,97)(H,102,103)/t74-,76-,77+,78-,79-,86?,87?,88?,89?,90?,91?/m1/s1. The number of hydrogen-bond acceptors (Lipinski definition) is 37. The number of carbonyl (C=O) groups excluding carboxylic acids is 7. The highest BCUT2D eigenvalue weighted by atomic mass is 33.1. The van der Waals surface area contributed by atoms with Crippen molar-refractivity contribution in [2.45, 2.75) is 230 Å². The van der Waals surface area contributed by atoms with Gasteiger partial charge in [-0.15, -0.1) is 11.8 Å². The molecule has 6 unspecified atom stereocenters. The number of thiocarbonyl (C=S) groups is 1. The molecule has 756 valence electrons. The lowest BCUT2D eigenvalue weighted by Crippen LogP contribution is -2.64. The maximum absolute atomic E-state index is 15.3. The molecule has 2 heterocycles. The normalized spacial score (nSPS) is 17.9. The van der Waals surface area contributed by atoms with Gasteiger partial charge in [-0.3, -0.25) is 38.4 Å². The van der Waals surface area contributed by atoms with Crippen LogP contribution < -0.4 is 5.32 Å². The van der Waals surface area contributed by atoms with Crippen LogP contribution in [-0.2, 0) is 128 Å². The Morgan fingerprint density at radius 3 is 1.47 bits per heavy atom. The van der Waals surface area contributed by atoms with Crippen molar-refractivity contribution in [2.24, 2.45) is 21.7 Å². The van der Waals surface area contributed by atoms with E-state index in [1.54, 1.807) is 54.9 Å². The average molecular weight is 1960 g/mol. The number of rotatable bonds is 86. The molecule has 2 rings (SSSR count). The van der Waals surface area contributed by atoms with Gasteiger partial charge in [-0.2, -0.15) is 0 Å². The largest absolute Gasteiger partial charge is 0.481 e. The summed E-state index contributed by atoms with van der Waals surface area (Å²) in [6, 6.07) is 4.57. The molecule has 1 aliphatic rings. The van der Waals surface area contributed by atoms with E-state index in [0.29, 0.717) is 218 Å². The summed E-state index contributed by atoms with van der Waals surface area (Å²) in [7, 11) is 7.91. The maximum atomic E-state index is 15.3. The van der Waals surface area contributed by atoms with Crippen LogP contribution in [0.1, 0.15) is 184 Å². The minimum atomic E-state index is -1.86. The Hall–Kier alpha value is -4.47. The van der Waals surface area contributed by atoms with Crippen molar-refractivity contribution in [3.8, 4) is 0 Å². The van der Waals surface area contributed by atoms with Crippen molar-refractivity contribution in [1.29, 1.82) is 0 Å². The van der Waals surface area contributed by atoms with Crippen LogP contribution in [0.4, 0.5) is 0 Å². The van der Waals surface area contributed by atoms with Gasteiger partial charge in [0, 0.05) is 91.2 Å². The number of esters is 4. The summed E-state index contributed by atoms with van der Waals surface area (Å²) in [5.41, 5.74) is -8.58. The molecule has 1 fully saturated rings. The molecule has 1 saturated heterocycles. The zero-order valence-corrected chi connectivity index (χ0v) is 83.9. The van der Waals surface area contributed by atoms with Crippen LogP contribution in [0.15, 0.2) is 29.4 Å². The number of carbonyl (C=O) groups is 8. The van der Waals surface area contributed by atoms with Crippen molar-refractivity contribution in [1.82, 2.24) is 15.2 Å². The van der Waals surface area contributed by atoms with Crippen LogP contribution in [0.25, 0.3) is 4.85 Å². The second kappa shape index (κ2) is 73.7. The Morgan fingerprint density at radius 1 is 0.527 bits per heavy atom. The third-order valence-corrected chi connectivity index (χ3v) is 26.0. The molecule has 1 aromatic rings. The number of carboxylic acid groups (broad SMARTS) is 1. The molecule has 1 aromatic heterocycles. The Balaban J connectivity index is 1.71. The van der Waals surface area contributed by atoms with Gasteiger partial charge in [0.25, 0.3) is 0 Å². The second-order valence-corrected chi connectivity index (χ2v) is 39.9. The highest BCUT2D eigenvalue weighted by molar-refractivity contribution is 8.76. The average Bonchev–Trinajstić information content (AvgIpc) is 0.750. The number of aliphatic hydroxyl groups excluding tert-OH is 3. The van der Waals surface area contributed by atoms with Gasteiger partial charge in [-0.05, 0) is 128 Å². The van der Waals surface area contributed by atoms with E-state index >= 15 is 9.59 Å². The first-order chi connectivity index (χ1) is 62.8. The zero-order valence-electron chi connectivity index (χ0n) is 79.9. The number of nitrogens with zero attached hydrogens (tertiary/aromatic N) is 3. The summed E-state index contributed by atoms with van der Waals surface area (Å²) in [6.45, 7) is 32.6. The Morgan fingerprint density at radius 2 is 1.00 bits per heavy atom. The quantitative estimate of drug-likeness (QED) is 0.0101. The number of carboxylic acids is 1. The molecule has 0 spiro atoms. The molecule has 35 nitrogen and oxygen atoms in total. The number of hydrogen-bond donors (Lipinski definition) is 5. The van der Waals surface area contributed by atoms with E-state index in [2.05, 4.69) is 15.1 Å². The van der Waals surface area contributed by atoms with Gasteiger partial charge in [-0.25, -0.2) is 11.6 Å². The van der Waals surface area contributed by atoms with E-state index in [4.69, 9.17) is 109 Å². The first-order valence-corrected chi connectivity index (χ1v) is 50.3. The van der Waals surface area contributed by atoms with Crippen LogP contribution in [-0.4, -0.2) is 366 Å². The van der Waals surface area contributed by atoms with Crippen LogP contribution in [0.2, 0.25) is 0 Å². The number of aliphatic hydroxyl groups is 3. The van der Waals surface area contributed by atoms with Gasteiger partial charge >= 0.3 is 29.8 Å². The minimum absolute atomic E-state index is 0.00880. The van der Waals surface area contributed by atoms with Gasteiger partial charge < -0.3 is 125 Å². The summed E-state index contributed by atoms with van der Waals surface area (Å²) in [5, 5.41) is 45.1. The number of Topliss-reactive ketones (excluding diaryl/α,β-unsaturated/α-hetero) is 2. The highest BCUT2D eigenvalue weighted by Crippen LogP contribution is 2.55. The third kappa shape index (κ3) is 55.1. The Labute approximate surface area is 799 Å². The second-order valence-electron chi connectivity index (χ2n) is 33.5. The van der Waals surface area contributed by atoms with Crippen molar-refractivity contribution in [2.75, 3.05) is 244 Å². The number of aromatic nitrogens is 1. The van der Waals surface area contributed by atoms with Crippen LogP contribution >= 0.6 is 57.3 Å². The summed E-state index contributed by atoms with van der Waals surface area (Å²) in [6.07, 6.45) is 0.954. The molecule has 0 radical (unpaired) electrons. The summed E-state index contributed by atoms with van der Waals surface area (Å²) in [4.78, 5) is 122. The number of ether oxygens (including phenoxy) is 19. The molecule has 0 aliphatic carbocycles. The first kappa shape index (κ1) is 123. The topological polar surface area (TPSA) is 425 Å². The molecule has 40 heteroatoms. The van der Waals surface area contributed by atoms with Gasteiger partial charge in [0.15, 0.2) is 6.29 Å². The van der Waals surface area contributed by atoms with Crippen molar-refractivity contribution >= 4 is 108 Å². The van der Waals surface area contributed by atoms with Gasteiger partial charge in [0.05, 0.1) is 193 Å². The van der Waals surface area contributed by atoms with E-state index < -0.39 is 118 Å². The number of unbranched alkanes of at least 4 members (excludes halogenated alkanes) is 4. The molecule has 0 aromatic carbocycles. The number of nitrogens with one attached hydrogen (secondary N) is 1. The lowest BCUT2D eigenvalue weighted by atomic mass is 9.58. The van der Waals surface area contributed by atoms with Crippen molar-refractivity contribution < 1.29 is 149 Å². The number of methoxy groups -OCH3 is 1. The number of likely N-dealkylation sites (N-methyl/N-ethyl adjacent to an activating group) is 1. The molecular formula is C91H156N4O31S5. The lowest BCUT2D eigenvalue weighted by molar-refractivity contribution is -0.270. The third-order valence-electron chi connectivity index (χ3n) is 21.1.